The van der Waals surface area contributed by atoms with Crippen LogP contribution >= 0.6 is 0 Å². The van der Waals surface area contributed by atoms with Crippen LogP contribution in [-0.4, -0.2) is 35.8 Å². The fourth-order valence-corrected chi connectivity index (χ4v) is 2.77. The number of primary amides is 1. The van der Waals surface area contributed by atoms with Crippen molar-refractivity contribution in [1.29, 1.82) is 0 Å². The van der Waals surface area contributed by atoms with E-state index in [0.29, 0.717) is 11.4 Å². The molecular formula is C15H22N4O2. The van der Waals surface area contributed by atoms with E-state index >= 15 is 0 Å². The minimum Gasteiger partial charge on any atom is -0.397 e. The number of rotatable bonds is 6. The SMILES string of the molecule is NC(=O)CN(CC(=O)Nc1ccccc1N)C1CCCC1. The fourth-order valence-electron chi connectivity index (χ4n) is 2.77. The van der Waals surface area contributed by atoms with Gasteiger partial charge in [-0.15, -0.1) is 0 Å². The van der Waals surface area contributed by atoms with Gasteiger partial charge in [0.2, 0.25) is 11.8 Å². The average Bonchev–Trinajstić information content (AvgIpc) is 2.94. The molecule has 0 atom stereocenters. The largest absolute Gasteiger partial charge is 0.397 e. The number of nitrogens with two attached hydrogens (primary N) is 2. The normalized spacial score (nSPS) is 15.3. The number of hydrogen-bond acceptors (Lipinski definition) is 4. The van der Waals surface area contributed by atoms with E-state index in [1.165, 1.54) is 0 Å². The lowest BCUT2D eigenvalue weighted by molar-refractivity contribution is -0.122. The maximum absolute atomic E-state index is 12.2. The van der Waals surface area contributed by atoms with Gasteiger partial charge in [-0.25, -0.2) is 0 Å². The molecule has 6 heteroatoms. The van der Waals surface area contributed by atoms with Crippen molar-refractivity contribution in [1.82, 2.24) is 4.90 Å². The smallest absolute Gasteiger partial charge is 0.238 e. The second kappa shape index (κ2) is 7.08. The fraction of sp³-hybridized carbons (Fsp3) is 0.467. The van der Waals surface area contributed by atoms with E-state index in [-0.39, 0.29) is 25.0 Å². The van der Waals surface area contributed by atoms with E-state index in [4.69, 9.17) is 11.5 Å². The first-order valence-corrected chi connectivity index (χ1v) is 7.23. The molecule has 1 aliphatic carbocycles. The van der Waals surface area contributed by atoms with Crippen molar-refractivity contribution in [3.8, 4) is 0 Å². The van der Waals surface area contributed by atoms with Gasteiger partial charge in [0.1, 0.15) is 0 Å². The van der Waals surface area contributed by atoms with E-state index in [0.717, 1.165) is 25.7 Å². The van der Waals surface area contributed by atoms with Crippen molar-refractivity contribution in [3.63, 3.8) is 0 Å². The summed E-state index contributed by atoms with van der Waals surface area (Å²) in [5, 5.41) is 2.78. The number of anilines is 2. The van der Waals surface area contributed by atoms with Gasteiger partial charge in [0.05, 0.1) is 24.5 Å². The van der Waals surface area contributed by atoms with Gasteiger partial charge in [0.15, 0.2) is 0 Å². The first-order chi connectivity index (χ1) is 10.1. The Balaban J connectivity index is 1.97. The van der Waals surface area contributed by atoms with Crippen LogP contribution in [0.15, 0.2) is 24.3 Å². The topological polar surface area (TPSA) is 101 Å². The quantitative estimate of drug-likeness (QED) is 0.678. The molecule has 5 N–H and O–H groups in total. The maximum atomic E-state index is 12.2. The van der Waals surface area contributed by atoms with Crippen LogP contribution in [0.2, 0.25) is 0 Å². The Kier molecular flexibility index (Phi) is 5.16. The third kappa shape index (κ3) is 4.46. The Hall–Kier alpha value is -2.08. The number of nitrogen functional groups attached to an aromatic ring is 1. The summed E-state index contributed by atoms with van der Waals surface area (Å²) in [5.74, 6) is -0.588. The van der Waals surface area contributed by atoms with Gasteiger partial charge >= 0.3 is 0 Å². The van der Waals surface area contributed by atoms with Crippen molar-refractivity contribution in [3.05, 3.63) is 24.3 Å². The highest BCUT2D eigenvalue weighted by molar-refractivity contribution is 5.95. The highest BCUT2D eigenvalue weighted by Crippen LogP contribution is 2.23. The third-order valence-electron chi connectivity index (χ3n) is 3.78. The van der Waals surface area contributed by atoms with Crippen LogP contribution in [0.3, 0.4) is 0 Å². The molecule has 0 spiro atoms. The maximum Gasteiger partial charge on any atom is 0.238 e. The summed E-state index contributed by atoms with van der Waals surface area (Å²) in [4.78, 5) is 25.2. The Labute approximate surface area is 124 Å². The zero-order valence-corrected chi connectivity index (χ0v) is 12.0. The van der Waals surface area contributed by atoms with E-state index < -0.39 is 5.91 Å². The molecule has 1 aromatic rings. The van der Waals surface area contributed by atoms with E-state index in [1.54, 1.807) is 12.1 Å². The monoisotopic (exact) mass is 290 g/mol. The number of carbonyl (C=O) groups excluding carboxylic acids is 2. The molecule has 0 unspecified atom stereocenters. The molecule has 0 saturated heterocycles. The zero-order valence-electron chi connectivity index (χ0n) is 12.0. The van der Waals surface area contributed by atoms with Gasteiger partial charge in [-0.2, -0.15) is 0 Å². The molecule has 1 aromatic carbocycles. The van der Waals surface area contributed by atoms with Crippen molar-refractivity contribution in [2.75, 3.05) is 24.1 Å². The molecule has 0 aromatic heterocycles. The van der Waals surface area contributed by atoms with Crippen LogP contribution in [0.25, 0.3) is 0 Å². The minimum atomic E-state index is -0.408. The molecule has 1 aliphatic rings. The van der Waals surface area contributed by atoms with Crippen LogP contribution in [0.4, 0.5) is 11.4 Å². The number of hydrogen-bond donors (Lipinski definition) is 3. The molecule has 2 rings (SSSR count). The molecule has 2 amide bonds. The molecule has 1 saturated carbocycles. The average molecular weight is 290 g/mol. The highest BCUT2D eigenvalue weighted by Gasteiger charge is 2.25. The molecule has 21 heavy (non-hydrogen) atoms. The van der Waals surface area contributed by atoms with E-state index in [9.17, 15) is 9.59 Å². The Bertz CT molecular complexity index is 512. The standard InChI is InChI=1S/C15H22N4O2/c16-12-7-3-4-8-13(12)18-15(21)10-19(9-14(17)20)11-5-1-2-6-11/h3-4,7-8,11H,1-2,5-6,9-10,16H2,(H2,17,20)(H,18,21). The Morgan fingerprint density at radius 2 is 1.86 bits per heavy atom. The number of carbonyl (C=O) groups is 2. The minimum absolute atomic E-state index is 0.113. The van der Waals surface area contributed by atoms with Crippen molar-refractivity contribution in [2.24, 2.45) is 5.73 Å². The summed E-state index contributed by atoms with van der Waals surface area (Å²) in [5.41, 5.74) is 12.2. The summed E-state index contributed by atoms with van der Waals surface area (Å²) in [6.07, 6.45) is 4.28. The van der Waals surface area contributed by atoms with Crippen molar-refractivity contribution in [2.45, 2.75) is 31.7 Å². The van der Waals surface area contributed by atoms with Gasteiger partial charge in [-0.3, -0.25) is 14.5 Å². The molecule has 0 bridgehead atoms. The number of nitrogens with one attached hydrogen (secondary N) is 1. The van der Waals surface area contributed by atoms with Gasteiger partial charge in [-0.1, -0.05) is 25.0 Å². The first kappa shape index (κ1) is 15.3. The molecule has 0 aliphatic heterocycles. The van der Waals surface area contributed by atoms with Gasteiger partial charge < -0.3 is 16.8 Å². The predicted molar refractivity (Wildman–Crippen MR) is 82.5 cm³/mol. The van der Waals surface area contributed by atoms with Crippen LogP contribution < -0.4 is 16.8 Å². The van der Waals surface area contributed by atoms with Crippen LogP contribution in [0, 0.1) is 0 Å². The number of benzene rings is 1. The lowest BCUT2D eigenvalue weighted by Crippen LogP contribution is -2.44. The van der Waals surface area contributed by atoms with Crippen LogP contribution in [0.5, 0.6) is 0 Å². The Morgan fingerprint density at radius 1 is 1.19 bits per heavy atom. The van der Waals surface area contributed by atoms with Gasteiger partial charge in [-0.05, 0) is 25.0 Å². The molecule has 1 fully saturated rings. The lowest BCUT2D eigenvalue weighted by atomic mass is 10.2. The van der Waals surface area contributed by atoms with Crippen LogP contribution in [-0.2, 0) is 9.59 Å². The highest BCUT2D eigenvalue weighted by atomic mass is 16.2. The number of para-hydroxylation sites is 2. The summed E-state index contributed by atoms with van der Waals surface area (Å²) in [6.45, 7) is 0.268. The lowest BCUT2D eigenvalue weighted by Gasteiger charge is -2.26. The molecule has 6 nitrogen and oxygen atoms in total. The molecule has 0 heterocycles. The van der Waals surface area contributed by atoms with Gasteiger partial charge in [0.25, 0.3) is 0 Å². The molecular weight excluding hydrogens is 268 g/mol. The second-order valence-corrected chi connectivity index (χ2v) is 5.45. The van der Waals surface area contributed by atoms with Gasteiger partial charge in [0, 0.05) is 6.04 Å². The zero-order chi connectivity index (χ0) is 15.2. The molecule has 0 radical (unpaired) electrons. The molecule has 114 valence electrons. The van der Waals surface area contributed by atoms with E-state index in [2.05, 4.69) is 5.32 Å². The van der Waals surface area contributed by atoms with Crippen LogP contribution in [0.1, 0.15) is 25.7 Å². The number of amides is 2. The summed E-state index contributed by atoms with van der Waals surface area (Å²) in [7, 11) is 0. The summed E-state index contributed by atoms with van der Waals surface area (Å²) < 4.78 is 0. The number of nitrogens with zero attached hydrogens (tertiary/aromatic N) is 1. The second-order valence-electron chi connectivity index (χ2n) is 5.45. The van der Waals surface area contributed by atoms with Crippen molar-refractivity contribution >= 4 is 23.2 Å². The first-order valence-electron chi connectivity index (χ1n) is 7.23. The summed E-state index contributed by atoms with van der Waals surface area (Å²) >= 11 is 0. The summed E-state index contributed by atoms with van der Waals surface area (Å²) in [6, 6.07) is 7.36. The predicted octanol–water partition coefficient (Wildman–Crippen LogP) is 0.937. The van der Waals surface area contributed by atoms with E-state index in [1.807, 2.05) is 17.0 Å². The third-order valence-corrected chi connectivity index (χ3v) is 3.78. The Morgan fingerprint density at radius 3 is 2.48 bits per heavy atom. The van der Waals surface area contributed by atoms with Crippen molar-refractivity contribution < 1.29 is 9.59 Å².